The Morgan fingerprint density at radius 2 is 1.79 bits per heavy atom. The topological polar surface area (TPSA) is 157 Å². The van der Waals surface area contributed by atoms with Crippen molar-refractivity contribution in [2.75, 3.05) is 19.6 Å². The molecular weight excluding hydrogens is 438 g/mol. The molecule has 0 saturated carbocycles. The SMILES string of the molecule is N=C(N)c1ccc(C=CC(=O)NCCCN2CC(=O)N(C(C(=O)O)c3ccccc3)C2=O)cc1. The molecular formula is C24H25N5O5. The van der Waals surface area contributed by atoms with E-state index in [1.807, 2.05) is 0 Å². The number of aliphatic carboxylic acids is 1. The van der Waals surface area contributed by atoms with E-state index in [0.29, 0.717) is 17.5 Å². The number of carbonyl (C=O) groups is 4. The molecule has 0 spiro atoms. The van der Waals surface area contributed by atoms with Gasteiger partial charge < -0.3 is 21.1 Å². The van der Waals surface area contributed by atoms with E-state index in [0.717, 1.165) is 10.5 Å². The molecule has 5 N–H and O–H groups in total. The number of amidine groups is 1. The molecule has 4 amide bonds. The number of carboxylic acids is 1. The lowest BCUT2D eigenvalue weighted by molar-refractivity contribution is -0.146. The average molecular weight is 463 g/mol. The van der Waals surface area contributed by atoms with Crippen molar-refractivity contribution in [2.24, 2.45) is 5.73 Å². The second kappa shape index (κ2) is 10.9. The largest absolute Gasteiger partial charge is 0.479 e. The summed E-state index contributed by atoms with van der Waals surface area (Å²) in [5.41, 5.74) is 7.11. The minimum Gasteiger partial charge on any atom is -0.479 e. The van der Waals surface area contributed by atoms with Crippen LogP contribution in [-0.2, 0) is 14.4 Å². The third-order valence-electron chi connectivity index (χ3n) is 5.23. The molecule has 1 heterocycles. The Hall–Kier alpha value is -4.47. The third kappa shape index (κ3) is 5.85. The molecule has 1 aliphatic heterocycles. The first-order valence-corrected chi connectivity index (χ1v) is 10.6. The van der Waals surface area contributed by atoms with E-state index in [-0.39, 0.29) is 31.4 Å². The minimum atomic E-state index is -1.39. The van der Waals surface area contributed by atoms with Crippen molar-refractivity contribution in [2.45, 2.75) is 12.5 Å². The molecule has 1 atom stereocenters. The molecule has 1 saturated heterocycles. The number of benzene rings is 2. The summed E-state index contributed by atoms with van der Waals surface area (Å²) in [6, 6.07) is 12.9. The Morgan fingerprint density at radius 1 is 1.12 bits per heavy atom. The van der Waals surface area contributed by atoms with Crippen molar-refractivity contribution in [1.82, 2.24) is 15.1 Å². The van der Waals surface area contributed by atoms with Crippen molar-refractivity contribution in [3.05, 3.63) is 77.4 Å². The van der Waals surface area contributed by atoms with Gasteiger partial charge in [0.15, 0.2) is 6.04 Å². The highest BCUT2D eigenvalue weighted by Crippen LogP contribution is 2.26. The highest BCUT2D eigenvalue weighted by molar-refractivity contribution is 6.05. The summed E-state index contributed by atoms with van der Waals surface area (Å²) < 4.78 is 0. The molecule has 3 rings (SSSR count). The molecule has 10 nitrogen and oxygen atoms in total. The van der Waals surface area contributed by atoms with E-state index in [9.17, 15) is 24.3 Å². The number of carbonyl (C=O) groups excluding carboxylic acids is 3. The van der Waals surface area contributed by atoms with Crippen LogP contribution in [0.1, 0.15) is 29.2 Å². The molecule has 10 heteroatoms. The summed E-state index contributed by atoms with van der Waals surface area (Å²) in [6.45, 7) is 0.254. The Labute approximate surface area is 196 Å². The van der Waals surface area contributed by atoms with E-state index in [1.165, 1.54) is 11.0 Å². The standard InChI is InChI=1S/C24H25N5O5/c25-22(26)18-10-7-16(8-11-18)9-12-19(30)27-13-4-14-28-15-20(31)29(24(28)34)21(23(32)33)17-5-2-1-3-6-17/h1-3,5-12,21H,4,13-15H2,(H3,25,26)(H,27,30)(H,32,33). The van der Waals surface area contributed by atoms with E-state index in [2.05, 4.69) is 5.32 Å². The van der Waals surface area contributed by atoms with Gasteiger partial charge in [0.1, 0.15) is 12.4 Å². The van der Waals surface area contributed by atoms with Crippen molar-refractivity contribution in [1.29, 1.82) is 5.41 Å². The molecule has 2 aromatic rings. The number of amides is 4. The molecule has 0 aliphatic carbocycles. The van der Waals surface area contributed by atoms with Gasteiger partial charge in [-0.15, -0.1) is 0 Å². The Kier molecular flexibility index (Phi) is 7.75. The van der Waals surface area contributed by atoms with Crippen LogP contribution in [0.25, 0.3) is 6.08 Å². The summed E-state index contributed by atoms with van der Waals surface area (Å²) in [4.78, 5) is 51.0. The number of urea groups is 1. The predicted molar refractivity (Wildman–Crippen MR) is 125 cm³/mol. The lowest BCUT2D eigenvalue weighted by atomic mass is 10.1. The summed E-state index contributed by atoms with van der Waals surface area (Å²) >= 11 is 0. The Bertz CT molecular complexity index is 1110. The maximum absolute atomic E-state index is 12.7. The number of nitrogen functional groups attached to an aromatic ring is 1. The van der Waals surface area contributed by atoms with Crippen LogP contribution >= 0.6 is 0 Å². The number of imide groups is 1. The molecule has 1 fully saturated rings. The Balaban J connectivity index is 1.49. The number of hydrogen-bond acceptors (Lipinski definition) is 5. The third-order valence-corrected chi connectivity index (χ3v) is 5.23. The predicted octanol–water partition coefficient (Wildman–Crippen LogP) is 1.58. The van der Waals surface area contributed by atoms with Crippen LogP contribution in [0, 0.1) is 5.41 Å². The molecule has 176 valence electrons. The van der Waals surface area contributed by atoms with E-state index >= 15 is 0 Å². The van der Waals surface area contributed by atoms with E-state index in [1.54, 1.807) is 60.7 Å². The monoisotopic (exact) mass is 463 g/mol. The summed E-state index contributed by atoms with van der Waals surface area (Å²) in [7, 11) is 0. The summed E-state index contributed by atoms with van der Waals surface area (Å²) in [5.74, 6) is -2.22. The van der Waals surface area contributed by atoms with Gasteiger partial charge in [-0.2, -0.15) is 0 Å². The van der Waals surface area contributed by atoms with Crippen LogP contribution in [0.15, 0.2) is 60.7 Å². The smallest absolute Gasteiger partial charge is 0.331 e. The summed E-state index contributed by atoms with van der Waals surface area (Å²) in [6.07, 6.45) is 3.38. The number of nitrogens with one attached hydrogen (secondary N) is 2. The van der Waals surface area contributed by atoms with Crippen molar-refractivity contribution in [3.63, 3.8) is 0 Å². The van der Waals surface area contributed by atoms with E-state index in [4.69, 9.17) is 11.1 Å². The highest BCUT2D eigenvalue weighted by Gasteiger charge is 2.43. The van der Waals surface area contributed by atoms with Crippen molar-refractivity contribution in [3.8, 4) is 0 Å². The van der Waals surface area contributed by atoms with Crippen molar-refractivity contribution < 1.29 is 24.3 Å². The van der Waals surface area contributed by atoms with Gasteiger partial charge in [0.05, 0.1) is 0 Å². The number of nitrogens with zero attached hydrogens (tertiary/aromatic N) is 2. The van der Waals surface area contributed by atoms with E-state index < -0.39 is 23.9 Å². The zero-order valence-corrected chi connectivity index (χ0v) is 18.3. The van der Waals surface area contributed by atoms with Crippen LogP contribution < -0.4 is 11.1 Å². The van der Waals surface area contributed by atoms with Crippen LogP contribution in [0.2, 0.25) is 0 Å². The maximum Gasteiger partial charge on any atom is 0.331 e. The molecule has 0 radical (unpaired) electrons. The van der Waals surface area contributed by atoms with Gasteiger partial charge in [-0.1, -0.05) is 54.6 Å². The fourth-order valence-corrected chi connectivity index (χ4v) is 3.52. The van der Waals surface area contributed by atoms with Crippen LogP contribution in [0.5, 0.6) is 0 Å². The fourth-order valence-electron chi connectivity index (χ4n) is 3.52. The second-order valence-electron chi connectivity index (χ2n) is 7.63. The average Bonchev–Trinajstić information content (AvgIpc) is 3.09. The Morgan fingerprint density at radius 3 is 2.41 bits per heavy atom. The molecule has 34 heavy (non-hydrogen) atoms. The maximum atomic E-state index is 12.7. The van der Waals surface area contributed by atoms with Gasteiger partial charge in [0, 0.05) is 24.7 Å². The second-order valence-corrected chi connectivity index (χ2v) is 7.63. The number of carboxylic acid groups (broad SMARTS) is 1. The normalized spacial score (nSPS) is 14.5. The first-order chi connectivity index (χ1) is 16.3. The van der Waals surface area contributed by atoms with Gasteiger partial charge in [0.2, 0.25) is 5.91 Å². The first-order valence-electron chi connectivity index (χ1n) is 10.6. The van der Waals surface area contributed by atoms with Gasteiger partial charge in [-0.3, -0.25) is 15.0 Å². The number of rotatable bonds is 10. The van der Waals surface area contributed by atoms with Crippen LogP contribution in [0.3, 0.4) is 0 Å². The van der Waals surface area contributed by atoms with Crippen LogP contribution in [-0.4, -0.2) is 64.2 Å². The summed E-state index contributed by atoms with van der Waals surface area (Å²) in [5, 5.41) is 19.7. The van der Waals surface area contributed by atoms with Crippen molar-refractivity contribution >= 4 is 35.7 Å². The molecule has 2 aromatic carbocycles. The number of hydrogen-bond donors (Lipinski definition) is 4. The quantitative estimate of drug-likeness (QED) is 0.138. The molecule has 1 unspecified atom stereocenters. The highest BCUT2D eigenvalue weighted by atomic mass is 16.4. The fraction of sp³-hybridized carbons (Fsp3) is 0.208. The lowest BCUT2D eigenvalue weighted by Gasteiger charge is -2.23. The van der Waals surface area contributed by atoms with Gasteiger partial charge in [0.25, 0.3) is 5.91 Å². The molecule has 0 bridgehead atoms. The van der Waals surface area contributed by atoms with Gasteiger partial charge >= 0.3 is 12.0 Å². The molecule has 1 aliphatic rings. The van der Waals surface area contributed by atoms with Gasteiger partial charge in [-0.25, -0.2) is 14.5 Å². The van der Waals surface area contributed by atoms with Crippen LogP contribution in [0.4, 0.5) is 4.79 Å². The number of nitrogens with two attached hydrogens (primary N) is 1. The zero-order valence-electron chi connectivity index (χ0n) is 18.3. The first kappa shape index (κ1) is 24.2. The lowest BCUT2D eigenvalue weighted by Crippen LogP contribution is -2.40. The molecule has 0 aromatic heterocycles. The van der Waals surface area contributed by atoms with Gasteiger partial charge in [-0.05, 0) is 23.6 Å². The zero-order chi connectivity index (χ0) is 24.7. The minimum absolute atomic E-state index is 0.0341.